The molecule has 0 aliphatic rings. The Hall–Kier alpha value is -1.40. The molecule has 1 rings (SSSR count). The van der Waals surface area contributed by atoms with Crippen LogP contribution in [0.2, 0.25) is 0 Å². The van der Waals surface area contributed by atoms with Crippen LogP contribution < -0.4 is 5.32 Å². The third-order valence-corrected chi connectivity index (χ3v) is 2.79. The van der Waals surface area contributed by atoms with Crippen molar-refractivity contribution in [1.82, 2.24) is 10.3 Å². The molecular weight excluding hydrogens is 210 g/mol. The first-order valence-corrected chi connectivity index (χ1v) is 6.15. The van der Waals surface area contributed by atoms with Crippen molar-refractivity contribution < 1.29 is 0 Å². The van der Waals surface area contributed by atoms with E-state index in [0.717, 1.165) is 32.4 Å². The van der Waals surface area contributed by atoms with E-state index in [-0.39, 0.29) is 5.41 Å². The lowest BCUT2D eigenvalue weighted by atomic mass is 9.89. The smallest absolute Gasteiger partial charge is 0.0683 e. The third kappa shape index (κ3) is 6.03. The van der Waals surface area contributed by atoms with Gasteiger partial charge in [0, 0.05) is 18.9 Å². The number of unbranched alkanes of at least 4 members (excludes halogenated alkanes) is 1. The van der Waals surface area contributed by atoms with E-state index in [1.807, 2.05) is 38.4 Å². The van der Waals surface area contributed by atoms with Gasteiger partial charge in [-0.1, -0.05) is 6.42 Å². The second kappa shape index (κ2) is 7.03. The average molecular weight is 231 g/mol. The largest absolute Gasteiger partial charge is 0.313 e. The Balaban J connectivity index is 2.04. The Morgan fingerprint density at radius 2 is 2.00 bits per heavy atom. The standard InChI is InChI=1S/C14H21N3/c1-14(2,12-15)7-3-4-8-17-11-13-5-9-16-10-6-13/h5-6,9-10,17H,3-4,7-8,11H2,1-2H3. The van der Waals surface area contributed by atoms with E-state index >= 15 is 0 Å². The number of nitriles is 1. The van der Waals surface area contributed by atoms with Crippen LogP contribution in [0.15, 0.2) is 24.5 Å². The maximum absolute atomic E-state index is 8.87. The molecule has 0 spiro atoms. The fraction of sp³-hybridized carbons (Fsp3) is 0.571. The second-order valence-corrected chi connectivity index (χ2v) is 4.99. The Kier molecular flexibility index (Phi) is 5.65. The third-order valence-electron chi connectivity index (χ3n) is 2.79. The van der Waals surface area contributed by atoms with Gasteiger partial charge in [-0.15, -0.1) is 0 Å². The first-order valence-electron chi connectivity index (χ1n) is 6.15. The average Bonchev–Trinajstić information content (AvgIpc) is 2.35. The van der Waals surface area contributed by atoms with Gasteiger partial charge < -0.3 is 5.32 Å². The molecule has 1 aromatic rings. The van der Waals surface area contributed by atoms with Crippen LogP contribution in [-0.4, -0.2) is 11.5 Å². The molecule has 1 aromatic heterocycles. The summed E-state index contributed by atoms with van der Waals surface area (Å²) < 4.78 is 0. The Bertz CT molecular complexity index is 351. The maximum atomic E-state index is 8.87. The molecule has 0 saturated carbocycles. The summed E-state index contributed by atoms with van der Waals surface area (Å²) in [5.74, 6) is 0. The zero-order chi connectivity index (χ0) is 12.6. The summed E-state index contributed by atoms with van der Waals surface area (Å²) in [4.78, 5) is 3.98. The lowest BCUT2D eigenvalue weighted by molar-refractivity contribution is 0.422. The van der Waals surface area contributed by atoms with Crippen molar-refractivity contribution in [1.29, 1.82) is 5.26 Å². The monoisotopic (exact) mass is 231 g/mol. The van der Waals surface area contributed by atoms with Crippen LogP contribution in [0.3, 0.4) is 0 Å². The molecule has 0 bridgehead atoms. The fourth-order valence-electron chi connectivity index (χ4n) is 1.61. The summed E-state index contributed by atoms with van der Waals surface area (Å²) >= 11 is 0. The molecule has 0 atom stereocenters. The number of pyridine rings is 1. The van der Waals surface area contributed by atoms with E-state index in [1.165, 1.54) is 5.56 Å². The fourth-order valence-corrected chi connectivity index (χ4v) is 1.61. The maximum Gasteiger partial charge on any atom is 0.0683 e. The van der Waals surface area contributed by atoms with Gasteiger partial charge >= 0.3 is 0 Å². The van der Waals surface area contributed by atoms with Crippen LogP contribution in [0.5, 0.6) is 0 Å². The zero-order valence-electron chi connectivity index (χ0n) is 10.7. The topological polar surface area (TPSA) is 48.7 Å². The van der Waals surface area contributed by atoms with Crippen molar-refractivity contribution in [3.8, 4) is 6.07 Å². The Labute approximate surface area is 104 Å². The van der Waals surface area contributed by atoms with Crippen LogP contribution in [0, 0.1) is 16.7 Å². The van der Waals surface area contributed by atoms with Gasteiger partial charge in [0.2, 0.25) is 0 Å². The molecule has 17 heavy (non-hydrogen) atoms. The van der Waals surface area contributed by atoms with E-state index in [9.17, 15) is 0 Å². The summed E-state index contributed by atoms with van der Waals surface area (Å²) in [5.41, 5.74) is 1.09. The van der Waals surface area contributed by atoms with Crippen LogP contribution >= 0.6 is 0 Å². The Morgan fingerprint density at radius 3 is 2.65 bits per heavy atom. The predicted molar refractivity (Wildman–Crippen MR) is 69.2 cm³/mol. The first-order chi connectivity index (χ1) is 8.14. The molecule has 0 aliphatic heterocycles. The van der Waals surface area contributed by atoms with E-state index in [2.05, 4.69) is 16.4 Å². The molecule has 3 heteroatoms. The van der Waals surface area contributed by atoms with Crippen molar-refractivity contribution in [2.24, 2.45) is 5.41 Å². The minimum Gasteiger partial charge on any atom is -0.313 e. The second-order valence-electron chi connectivity index (χ2n) is 4.99. The minimum atomic E-state index is -0.175. The number of nitrogens with one attached hydrogen (secondary N) is 1. The van der Waals surface area contributed by atoms with Crippen molar-refractivity contribution in [2.75, 3.05) is 6.54 Å². The lowest BCUT2D eigenvalue weighted by Crippen LogP contribution is -2.15. The zero-order valence-corrected chi connectivity index (χ0v) is 10.7. The normalized spacial score (nSPS) is 11.1. The highest BCUT2D eigenvalue weighted by atomic mass is 14.8. The molecule has 0 saturated heterocycles. The molecule has 0 aliphatic carbocycles. The van der Waals surface area contributed by atoms with Gasteiger partial charge in [0.05, 0.1) is 11.5 Å². The quantitative estimate of drug-likeness (QED) is 0.734. The molecule has 0 aromatic carbocycles. The Morgan fingerprint density at radius 1 is 1.29 bits per heavy atom. The van der Waals surface area contributed by atoms with Crippen LogP contribution in [-0.2, 0) is 6.54 Å². The van der Waals surface area contributed by atoms with Gasteiger partial charge in [-0.3, -0.25) is 4.98 Å². The lowest BCUT2D eigenvalue weighted by Gasteiger charge is -2.14. The summed E-state index contributed by atoms with van der Waals surface area (Å²) in [6.07, 6.45) is 6.82. The first kappa shape index (κ1) is 13.7. The van der Waals surface area contributed by atoms with Crippen LogP contribution in [0.4, 0.5) is 0 Å². The van der Waals surface area contributed by atoms with Crippen molar-refractivity contribution in [3.05, 3.63) is 30.1 Å². The molecule has 3 nitrogen and oxygen atoms in total. The number of rotatable bonds is 7. The van der Waals surface area contributed by atoms with Gasteiger partial charge in [-0.05, 0) is 50.9 Å². The summed E-state index contributed by atoms with van der Waals surface area (Å²) in [6.45, 7) is 5.89. The number of hydrogen-bond donors (Lipinski definition) is 1. The molecule has 0 fully saturated rings. The molecular formula is C14H21N3. The molecule has 1 heterocycles. The van der Waals surface area contributed by atoms with Crippen LogP contribution in [0.25, 0.3) is 0 Å². The molecule has 0 amide bonds. The molecule has 0 unspecified atom stereocenters. The molecule has 0 radical (unpaired) electrons. The number of nitrogens with zero attached hydrogens (tertiary/aromatic N) is 2. The van der Waals surface area contributed by atoms with Gasteiger partial charge in [0.25, 0.3) is 0 Å². The van der Waals surface area contributed by atoms with E-state index < -0.39 is 0 Å². The highest BCUT2D eigenvalue weighted by Gasteiger charge is 2.14. The predicted octanol–water partition coefficient (Wildman–Crippen LogP) is 2.89. The van der Waals surface area contributed by atoms with Crippen LogP contribution in [0.1, 0.15) is 38.7 Å². The van der Waals surface area contributed by atoms with E-state index in [1.54, 1.807) is 0 Å². The summed E-state index contributed by atoms with van der Waals surface area (Å²) in [6, 6.07) is 6.37. The number of hydrogen-bond acceptors (Lipinski definition) is 3. The SMILES string of the molecule is CC(C)(C#N)CCCCNCc1ccncc1. The van der Waals surface area contributed by atoms with Gasteiger partial charge in [-0.2, -0.15) is 5.26 Å². The minimum absolute atomic E-state index is 0.175. The van der Waals surface area contributed by atoms with Crippen molar-refractivity contribution in [3.63, 3.8) is 0 Å². The highest BCUT2D eigenvalue weighted by Crippen LogP contribution is 2.21. The van der Waals surface area contributed by atoms with E-state index in [0.29, 0.717) is 0 Å². The van der Waals surface area contributed by atoms with Crippen molar-refractivity contribution in [2.45, 2.75) is 39.7 Å². The van der Waals surface area contributed by atoms with Crippen molar-refractivity contribution >= 4 is 0 Å². The molecule has 1 N–H and O–H groups in total. The summed E-state index contributed by atoms with van der Waals surface area (Å²) in [7, 11) is 0. The van der Waals surface area contributed by atoms with Gasteiger partial charge in [-0.25, -0.2) is 0 Å². The number of aromatic nitrogens is 1. The highest BCUT2D eigenvalue weighted by molar-refractivity contribution is 5.08. The van der Waals surface area contributed by atoms with Gasteiger partial charge in [0.15, 0.2) is 0 Å². The summed E-state index contributed by atoms with van der Waals surface area (Å²) in [5, 5.41) is 12.3. The van der Waals surface area contributed by atoms with Gasteiger partial charge in [0.1, 0.15) is 0 Å². The molecule has 92 valence electrons. The van der Waals surface area contributed by atoms with E-state index in [4.69, 9.17) is 5.26 Å².